The molecular weight excluding hydrogens is 463 g/mol. The number of hydrogen-bond donors (Lipinski definition) is 1. The summed E-state index contributed by atoms with van der Waals surface area (Å²) in [6, 6.07) is 13.1. The van der Waals surface area contributed by atoms with E-state index in [0.717, 1.165) is 16.9 Å². The van der Waals surface area contributed by atoms with Gasteiger partial charge < -0.3 is 10.1 Å². The summed E-state index contributed by atoms with van der Waals surface area (Å²) < 4.78 is 18.4. The Hall–Kier alpha value is -3.81. The van der Waals surface area contributed by atoms with Gasteiger partial charge in [0.2, 0.25) is 11.8 Å². The predicted octanol–water partition coefficient (Wildman–Crippen LogP) is 2.97. The summed E-state index contributed by atoms with van der Waals surface area (Å²) in [5, 5.41) is 2.53. The van der Waals surface area contributed by atoms with Crippen LogP contribution in [0.25, 0.3) is 0 Å². The minimum atomic E-state index is -1.16. The fourth-order valence-electron chi connectivity index (χ4n) is 6.37. The van der Waals surface area contributed by atoms with Crippen molar-refractivity contribution >= 4 is 29.4 Å². The lowest BCUT2D eigenvalue weighted by molar-refractivity contribution is -0.160. The minimum absolute atomic E-state index is 0.0429. The van der Waals surface area contributed by atoms with Gasteiger partial charge >= 0.3 is 5.97 Å². The van der Waals surface area contributed by atoms with Gasteiger partial charge in [0.15, 0.2) is 6.61 Å². The average Bonchev–Trinajstić information content (AvgIpc) is 3.67. The zero-order valence-electron chi connectivity index (χ0n) is 19.4. The number of halogens is 1. The Morgan fingerprint density at radius 3 is 2.17 bits per heavy atom. The van der Waals surface area contributed by atoms with E-state index in [-0.39, 0.29) is 30.1 Å². The van der Waals surface area contributed by atoms with Crippen LogP contribution in [-0.2, 0) is 30.3 Å². The third kappa shape index (κ3) is 3.81. The number of nitrogens with one attached hydrogen (secondary N) is 1. The van der Waals surface area contributed by atoms with E-state index >= 15 is 0 Å². The standard InChI is InChI=1S/C28H25FN2O5/c29-16-6-8-17(9-7-16)30-23(32)14-36-28(35)22(12-15-4-2-1-3-5-15)31-26(33)24-18-10-11-19(21-13-20(18)21)25(24)27(31)34/h1-11,18-22,24-25H,12-14H2,(H,30,32)/t18-,19-,20-,21-,22-,24-,25+/m0/s1. The molecule has 2 bridgehead atoms. The highest BCUT2D eigenvalue weighted by atomic mass is 19.1. The number of benzene rings is 2. The first-order valence-corrected chi connectivity index (χ1v) is 12.2. The van der Waals surface area contributed by atoms with Crippen molar-refractivity contribution in [2.24, 2.45) is 35.5 Å². The van der Waals surface area contributed by atoms with Crippen LogP contribution >= 0.6 is 0 Å². The number of carbonyl (C=O) groups excluding carboxylic acids is 4. The Bertz CT molecular complexity index is 1220. The molecule has 2 aromatic rings. The molecule has 184 valence electrons. The largest absolute Gasteiger partial charge is 0.454 e. The molecule has 2 aromatic carbocycles. The summed E-state index contributed by atoms with van der Waals surface area (Å²) >= 11 is 0. The number of anilines is 1. The molecule has 5 aliphatic rings. The molecule has 1 heterocycles. The molecule has 4 aliphatic carbocycles. The number of hydrogen-bond acceptors (Lipinski definition) is 5. The first kappa shape index (κ1) is 22.6. The summed E-state index contributed by atoms with van der Waals surface area (Å²) in [6.45, 7) is -0.596. The summed E-state index contributed by atoms with van der Waals surface area (Å²) in [5.74, 6) is -2.35. The molecule has 0 radical (unpaired) electrons. The van der Waals surface area contributed by atoms with Crippen LogP contribution in [0.3, 0.4) is 0 Å². The second-order valence-electron chi connectivity index (χ2n) is 10.1. The Kier molecular flexibility index (Phi) is 5.47. The van der Waals surface area contributed by atoms with Gasteiger partial charge in [-0.15, -0.1) is 0 Å². The predicted molar refractivity (Wildman–Crippen MR) is 126 cm³/mol. The first-order valence-electron chi connectivity index (χ1n) is 12.2. The van der Waals surface area contributed by atoms with Gasteiger partial charge in [-0.1, -0.05) is 42.5 Å². The summed E-state index contributed by atoms with van der Waals surface area (Å²) in [5.41, 5.74) is 1.13. The van der Waals surface area contributed by atoms with Crippen LogP contribution in [0.1, 0.15) is 12.0 Å². The second kappa shape index (κ2) is 8.69. The first-order chi connectivity index (χ1) is 17.4. The molecule has 36 heavy (non-hydrogen) atoms. The van der Waals surface area contributed by atoms with Crippen molar-refractivity contribution in [1.29, 1.82) is 0 Å². The Balaban J connectivity index is 1.20. The van der Waals surface area contributed by atoms with Crippen molar-refractivity contribution in [2.75, 3.05) is 11.9 Å². The lowest BCUT2D eigenvalue weighted by Crippen LogP contribution is -2.48. The highest BCUT2D eigenvalue weighted by Gasteiger charge is 2.68. The quantitative estimate of drug-likeness (QED) is 0.368. The summed E-state index contributed by atoms with van der Waals surface area (Å²) in [7, 11) is 0. The number of imide groups is 1. The number of esters is 1. The van der Waals surface area contributed by atoms with Gasteiger partial charge in [0.25, 0.3) is 5.91 Å². The molecule has 0 aromatic heterocycles. The number of ether oxygens (including phenoxy) is 1. The number of allylic oxidation sites excluding steroid dienone is 2. The maximum atomic E-state index is 13.6. The zero-order valence-corrected chi connectivity index (χ0v) is 19.4. The van der Waals surface area contributed by atoms with E-state index in [0.29, 0.717) is 17.5 Å². The summed E-state index contributed by atoms with van der Waals surface area (Å²) in [6.07, 6.45) is 5.32. The topological polar surface area (TPSA) is 92.8 Å². The highest BCUT2D eigenvalue weighted by Crippen LogP contribution is 2.65. The molecule has 3 amide bonds. The van der Waals surface area contributed by atoms with Crippen LogP contribution in [0.2, 0.25) is 0 Å². The smallest absolute Gasteiger partial charge is 0.330 e. The van der Waals surface area contributed by atoms with Crippen molar-refractivity contribution < 1.29 is 28.3 Å². The van der Waals surface area contributed by atoms with Gasteiger partial charge in [-0.2, -0.15) is 0 Å². The van der Waals surface area contributed by atoms with E-state index < -0.39 is 42.2 Å². The number of rotatable bonds is 7. The minimum Gasteiger partial charge on any atom is -0.454 e. The van der Waals surface area contributed by atoms with Crippen LogP contribution in [0, 0.1) is 41.3 Å². The van der Waals surface area contributed by atoms with E-state index in [1.54, 1.807) is 0 Å². The molecule has 0 spiro atoms. The normalized spacial score (nSPS) is 30.0. The Morgan fingerprint density at radius 1 is 0.944 bits per heavy atom. The Morgan fingerprint density at radius 2 is 1.56 bits per heavy atom. The van der Waals surface area contributed by atoms with Crippen LogP contribution in [0.4, 0.5) is 10.1 Å². The van der Waals surface area contributed by atoms with E-state index in [1.165, 1.54) is 24.3 Å². The highest BCUT2D eigenvalue weighted by molar-refractivity contribution is 6.09. The average molecular weight is 489 g/mol. The van der Waals surface area contributed by atoms with Gasteiger partial charge in [-0.25, -0.2) is 9.18 Å². The van der Waals surface area contributed by atoms with Gasteiger partial charge in [-0.3, -0.25) is 19.3 Å². The maximum absolute atomic E-state index is 13.6. The lowest BCUT2D eigenvalue weighted by atomic mass is 9.63. The molecule has 1 aliphatic heterocycles. The van der Waals surface area contributed by atoms with E-state index in [2.05, 4.69) is 17.5 Å². The van der Waals surface area contributed by atoms with E-state index in [1.807, 2.05) is 30.3 Å². The zero-order chi connectivity index (χ0) is 25.0. The van der Waals surface area contributed by atoms with Crippen molar-refractivity contribution in [1.82, 2.24) is 4.90 Å². The molecule has 2 saturated carbocycles. The number of carbonyl (C=O) groups is 4. The fourth-order valence-corrected chi connectivity index (χ4v) is 6.37. The number of likely N-dealkylation sites (tertiary alicyclic amines) is 1. The van der Waals surface area contributed by atoms with Crippen LogP contribution < -0.4 is 5.32 Å². The van der Waals surface area contributed by atoms with E-state index in [9.17, 15) is 23.6 Å². The second-order valence-corrected chi connectivity index (χ2v) is 10.1. The third-order valence-corrected chi connectivity index (χ3v) is 8.03. The molecule has 7 rings (SSSR count). The Labute approximate surface area is 207 Å². The molecular formula is C28H25FN2O5. The molecule has 1 N–H and O–H groups in total. The van der Waals surface area contributed by atoms with Crippen LogP contribution in [0.15, 0.2) is 66.7 Å². The molecule has 1 saturated heterocycles. The van der Waals surface area contributed by atoms with Gasteiger partial charge in [-0.05, 0) is 59.9 Å². The lowest BCUT2D eigenvalue weighted by Gasteiger charge is -2.37. The van der Waals surface area contributed by atoms with E-state index in [4.69, 9.17) is 4.74 Å². The molecule has 7 nitrogen and oxygen atoms in total. The van der Waals surface area contributed by atoms with Crippen molar-refractivity contribution in [3.63, 3.8) is 0 Å². The third-order valence-electron chi connectivity index (χ3n) is 8.03. The monoisotopic (exact) mass is 488 g/mol. The van der Waals surface area contributed by atoms with Crippen molar-refractivity contribution in [3.8, 4) is 0 Å². The maximum Gasteiger partial charge on any atom is 0.330 e. The van der Waals surface area contributed by atoms with Gasteiger partial charge in [0.1, 0.15) is 11.9 Å². The molecule has 3 fully saturated rings. The fraction of sp³-hybridized carbons (Fsp3) is 0.357. The van der Waals surface area contributed by atoms with Crippen LogP contribution in [0.5, 0.6) is 0 Å². The van der Waals surface area contributed by atoms with Gasteiger partial charge in [0.05, 0.1) is 11.8 Å². The summed E-state index contributed by atoms with van der Waals surface area (Å²) in [4.78, 5) is 53.9. The molecule has 0 unspecified atom stereocenters. The SMILES string of the molecule is O=C(COC(=O)[C@H](Cc1ccccc1)N1C(=O)[C@@H]2[C@H]3C=C[C@@H]([C@@H]4C[C@@H]34)[C@@H]2C1=O)Nc1ccc(F)cc1. The number of nitrogens with zero attached hydrogens (tertiary/aromatic N) is 1. The van der Waals surface area contributed by atoms with Crippen LogP contribution in [-0.4, -0.2) is 41.2 Å². The van der Waals surface area contributed by atoms with Crippen molar-refractivity contribution in [2.45, 2.75) is 18.9 Å². The molecule has 7 atom stereocenters. The number of amides is 3. The van der Waals surface area contributed by atoms with Gasteiger partial charge in [0, 0.05) is 12.1 Å². The molecule has 8 heteroatoms. The van der Waals surface area contributed by atoms with Crippen molar-refractivity contribution in [3.05, 3.63) is 78.1 Å².